The molecule has 7 heteroatoms. The highest BCUT2D eigenvalue weighted by molar-refractivity contribution is 5.92. The van der Waals surface area contributed by atoms with Crippen molar-refractivity contribution < 1.29 is 18.3 Å². The molecule has 2 unspecified atom stereocenters. The number of ether oxygens (including phenoxy) is 1. The molecule has 0 saturated heterocycles. The molecular formula is C20H23ClF2N2O2. The summed E-state index contributed by atoms with van der Waals surface area (Å²) >= 11 is 0. The van der Waals surface area contributed by atoms with E-state index in [0.29, 0.717) is 17.7 Å². The van der Waals surface area contributed by atoms with Gasteiger partial charge in [0.15, 0.2) is 11.6 Å². The molecular weight excluding hydrogens is 374 g/mol. The number of carbonyl (C=O) groups excluding carboxylic acids is 1. The highest BCUT2D eigenvalue weighted by atomic mass is 35.5. The van der Waals surface area contributed by atoms with Crippen LogP contribution in [0.1, 0.15) is 31.2 Å². The van der Waals surface area contributed by atoms with Crippen molar-refractivity contribution in [2.45, 2.75) is 38.3 Å². The average Bonchev–Trinajstić information content (AvgIpc) is 2.61. The van der Waals surface area contributed by atoms with Gasteiger partial charge in [0.25, 0.3) is 0 Å². The van der Waals surface area contributed by atoms with Gasteiger partial charge < -0.3 is 15.8 Å². The largest absolute Gasteiger partial charge is 0.486 e. The summed E-state index contributed by atoms with van der Waals surface area (Å²) in [4.78, 5) is 12.3. The Bertz CT molecular complexity index is 788. The van der Waals surface area contributed by atoms with Crippen LogP contribution >= 0.6 is 12.4 Å². The van der Waals surface area contributed by atoms with E-state index >= 15 is 0 Å². The van der Waals surface area contributed by atoms with Crippen molar-refractivity contribution in [1.82, 2.24) is 0 Å². The fraction of sp³-hybridized carbons (Fsp3) is 0.350. The van der Waals surface area contributed by atoms with Gasteiger partial charge in [-0.3, -0.25) is 4.79 Å². The molecule has 0 spiro atoms. The van der Waals surface area contributed by atoms with Gasteiger partial charge in [-0.2, -0.15) is 0 Å². The maximum absolute atomic E-state index is 14.2. The third-order valence-electron chi connectivity index (χ3n) is 4.57. The molecule has 4 nitrogen and oxygen atoms in total. The molecule has 1 aliphatic carbocycles. The minimum Gasteiger partial charge on any atom is -0.486 e. The van der Waals surface area contributed by atoms with Gasteiger partial charge >= 0.3 is 0 Å². The van der Waals surface area contributed by atoms with E-state index in [1.807, 2.05) is 0 Å². The molecule has 1 aliphatic rings. The molecule has 1 amide bonds. The molecule has 0 aromatic heterocycles. The Morgan fingerprint density at radius 2 is 2.00 bits per heavy atom. The first-order chi connectivity index (χ1) is 12.5. The van der Waals surface area contributed by atoms with E-state index in [-0.39, 0.29) is 48.4 Å². The monoisotopic (exact) mass is 396 g/mol. The second-order valence-electron chi connectivity index (χ2n) is 6.68. The fourth-order valence-corrected chi connectivity index (χ4v) is 3.19. The molecule has 0 bridgehead atoms. The van der Waals surface area contributed by atoms with Crippen molar-refractivity contribution in [1.29, 1.82) is 0 Å². The average molecular weight is 397 g/mol. The Morgan fingerprint density at radius 3 is 2.70 bits per heavy atom. The molecule has 1 saturated carbocycles. The van der Waals surface area contributed by atoms with Crippen molar-refractivity contribution in [2.24, 2.45) is 11.7 Å². The van der Waals surface area contributed by atoms with Crippen LogP contribution in [0.25, 0.3) is 0 Å². The number of carbonyl (C=O) groups is 1. The van der Waals surface area contributed by atoms with Crippen molar-refractivity contribution in [3.63, 3.8) is 0 Å². The summed E-state index contributed by atoms with van der Waals surface area (Å²) in [5, 5.41) is 2.74. The summed E-state index contributed by atoms with van der Waals surface area (Å²) in [5.74, 6) is -1.17. The first kappa shape index (κ1) is 21.1. The van der Waals surface area contributed by atoms with Crippen LogP contribution < -0.4 is 15.8 Å². The van der Waals surface area contributed by atoms with Crippen LogP contribution in [0.5, 0.6) is 5.75 Å². The lowest BCUT2D eigenvalue weighted by Crippen LogP contribution is -2.34. The Labute approximate surface area is 163 Å². The third-order valence-corrected chi connectivity index (χ3v) is 4.57. The molecule has 146 valence electrons. The van der Waals surface area contributed by atoms with E-state index in [4.69, 9.17) is 10.5 Å². The lowest BCUT2D eigenvalue weighted by Gasteiger charge is -2.25. The van der Waals surface area contributed by atoms with Gasteiger partial charge in [-0.1, -0.05) is 18.6 Å². The summed E-state index contributed by atoms with van der Waals surface area (Å²) in [6.07, 6.45) is 3.33. The van der Waals surface area contributed by atoms with E-state index in [0.717, 1.165) is 19.3 Å². The number of nitrogens with one attached hydrogen (secondary N) is 1. The molecule has 0 aliphatic heterocycles. The summed E-state index contributed by atoms with van der Waals surface area (Å²) < 4.78 is 32.8. The number of amides is 1. The third kappa shape index (κ3) is 5.91. The second-order valence-corrected chi connectivity index (χ2v) is 6.68. The predicted octanol–water partition coefficient (Wildman–Crippen LogP) is 4.42. The number of rotatable bonds is 5. The zero-order chi connectivity index (χ0) is 18.5. The van der Waals surface area contributed by atoms with Crippen molar-refractivity contribution in [3.05, 3.63) is 59.7 Å². The van der Waals surface area contributed by atoms with E-state index in [9.17, 15) is 13.6 Å². The molecule has 3 rings (SSSR count). The minimum absolute atomic E-state index is 0. The fourth-order valence-electron chi connectivity index (χ4n) is 3.19. The van der Waals surface area contributed by atoms with E-state index < -0.39 is 5.82 Å². The topological polar surface area (TPSA) is 64.4 Å². The van der Waals surface area contributed by atoms with Gasteiger partial charge in [-0.15, -0.1) is 12.4 Å². The first-order valence-corrected chi connectivity index (χ1v) is 8.74. The molecule has 2 aromatic rings. The van der Waals surface area contributed by atoms with Gasteiger partial charge in [0, 0.05) is 23.7 Å². The van der Waals surface area contributed by atoms with Gasteiger partial charge in [0.2, 0.25) is 5.91 Å². The Balaban J connectivity index is 0.00000261. The Morgan fingerprint density at radius 1 is 1.19 bits per heavy atom. The van der Waals surface area contributed by atoms with Crippen molar-refractivity contribution in [3.8, 4) is 5.75 Å². The standard InChI is InChI=1S/C20H22F2N2O2.ClH/c21-15-5-1-3-13(9-15)12-26-19-8-7-17(11-18(19)22)24-20(25)14-4-2-6-16(23)10-14;/h1,3,5,7-9,11,14,16H,2,4,6,10,12,23H2,(H,24,25);1H. The predicted molar refractivity (Wildman–Crippen MR) is 103 cm³/mol. The molecule has 1 fully saturated rings. The van der Waals surface area contributed by atoms with E-state index in [2.05, 4.69) is 5.32 Å². The lowest BCUT2D eigenvalue weighted by atomic mass is 9.85. The highest BCUT2D eigenvalue weighted by Gasteiger charge is 2.25. The van der Waals surface area contributed by atoms with Gasteiger partial charge in [-0.05, 0) is 49.1 Å². The number of hydrogen-bond acceptors (Lipinski definition) is 3. The number of hydrogen-bond donors (Lipinski definition) is 2. The van der Waals surface area contributed by atoms with Crippen LogP contribution in [0.2, 0.25) is 0 Å². The maximum atomic E-state index is 14.2. The summed E-state index contributed by atoms with van der Waals surface area (Å²) in [6.45, 7) is 0.0559. The summed E-state index contributed by atoms with van der Waals surface area (Å²) in [5.41, 5.74) is 6.90. The van der Waals surface area contributed by atoms with Crippen molar-refractivity contribution in [2.75, 3.05) is 5.32 Å². The molecule has 2 aromatic carbocycles. The number of halogens is 3. The molecule has 0 radical (unpaired) electrons. The number of nitrogens with two attached hydrogens (primary N) is 1. The van der Waals surface area contributed by atoms with Gasteiger partial charge in [0.1, 0.15) is 12.4 Å². The van der Waals surface area contributed by atoms with Crippen LogP contribution in [-0.2, 0) is 11.4 Å². The Hall–Kier alpha value is -2.18. The van der Waals surface area contributed by atoms with Crippen LogP contribution in [-0.4, -0.2) is 11.9 Å². The molecule has 2 atom stereocenters. The lowest BCUT2D eigenvalue weighted by molar-refractivity contribution is -0.120. The number of benzene rings is 2. The smallest absolute Gasteiger partial charge is 0.227 e. The van der Waals surface area contributed by atoms with Crippen LogP contribution in [0, 0.1) is 17.6 Å². The maximum Gasteiger partial charge on any atom is 0.227 e. The minimum atomic E-state index is -0.584. The van der Waals surface area contributed by atoms with Gasteiger partial charge in [0.05, 0.1) is 0 Å². The quantitative estimate of drug-likeness (QED) is 0.786. The van der Waals surface area contributed by atoms with E-state index in [1.165, 1.54) is 24.3 Å². The number of anilines is 1. The zero-order valence-corrected chi connectivity index (χ0v) is 15.6. The molecule has 27 heavy (non-hydrogen) atoms. The van der Waals surface area contributed by atoms with Crippen LogP contribution in [0.4, 0.5) is 14.5 Å². The van der Waals surface area contributed by atoms with Crippen molar-refractivity contribution >= 4 is 24.0 Å². The zero-order valence-electron chi connectivity index (χ0n) is 14.8. The summed E-state index contributed by atoms with van der Waals surface area (Å²) in [6, 6.07) is 10.3. The molecule has 0 heterocycles. The summed E-state index contributed by atoms with van der Waals surface area (Å²) in [7, 11) is 0. The molecule has 3 N–H and O–H groups in total. The first-order valence-electron chi connectivity index (χ1n) is 8.74. The second kappa shape index (κ2) is 9.67. The highest BCUT2D eigenvalue weighted by Crippen LogP contribution is 2.26. The van der Waals surface area contributed by atoms with Gasteiger partial charge in [-0.25, -0.2) is 8.78 Å². The van der Waals surface area contributed by atoms with Crippen LogP contribution in [0.15, 0.2) is 42.5 Å². The SMILES string of the molecule is Cl.NC1CCCC(C(=O)Nc2ccc(OCc3cccc(F)c3)c(F)c2)C1. The Kier molecular flexibility index (Phi) is 7.56. The normalized spacial score (nSPS) is 19.1. The van der Waals surface area contributed by atoms with E-state index in [1.54, 1.807) is 18.2 Å². The van der Waals surface area contributed by atoms with Crippen LogP contribution in [0.3, 0.4) is 0 Å².